The Morgan fingerprint density at radius 2 is 1.43 bits per heavy atom. The van der Waals surface area contributed by atoms with E-state index in [1.165, 1.54) is 44.1 Å². The second kappa shape index (κ2) is 5.70. The van der Waals surface area contributed by atoms with E-state index in [-0.39, 0.29) is 0 Å². The Hall–Kier alpha value is -0.330. The molecule has 2 saturated heterocycles. The number of aryl methyl sites for hydroxylation is 3. The normalized spacial score (nSPS) is 32.0. The minimum atomic E-state index is -1.80. The summed E-state index contributed by atoms with van der Waals surface area (Å²) >= 11 is 5.16. The third-order valence-corrected chi connectivity index (χ3v) is 12.1. The summed E-state index contributed by atoms with van der Waals surface area (Å²) in [5.74, 6) is 0. The van der Waals surface area contributed by atoms with E-state index in [9.17, 15) is 4.79 Å². The Morgan fingerprint density at radius 3 is 1.86 bits per heavy atom. The first-order chi connectivity index (χ1) is 9.94. The Labute approximate surface area is 134 Å². The van der Waals surface area contributed by atoms with Gasteiger partial charge in [0.1, 0.15) is 0 Å². The van der Waals surface area contributed by atoms with Crippen LogP contribution in [0.1, 0.15) is 65.6 Å². The number of benzene rings is 1. The molecule has 0 atom stereocenters. The van der Waals surface area contributed by atoms with Gasteiger partial charge in [-0.15, -0.1) is 12.2 Å². The molecule has 2 fully saturated rings. The van der Waals surface area contributed by atoms with Gasteiger partial charge >= 0.3 is 0 Å². The lowest BCUT2D eigenvalue weighted by Crippen LogP contribution is -2.35. The molecular formula is C18H26OPS. The quantitative estimate of drug-likeness (QED) is 0.544. The lowest BCUT2D eigenvalue weighted by Gasteiger charge is -2.51. The number of carbonyl (C=O) groups is 1. The monoisotopic (exact) mass is 321 g/mol. The molecule has 0 spiro atoms. The predicted molar refractivity (Wildman–Crippen MR) is 96.2 cm³/mol. The zero-order chi connectivity index (χ0) is 15.2. The molecule has 1 aromatic carbocycles. The summed E-state index contributed by atoms with van der Waals surface area (Å²) in [6.45, 7) is 4.48. The van der Waals surface area contributed by atoms with E-state index in [4.69, 9.17) is 12.2 Å². The molecule has 2 aliphatic rings. The van der Waals surface area contributed by atoms with Crippen molar-refractivity contribution in [3.05, 3.63) is 34.4 Å². The molecule has 0 unspecified atom stereocenters. The van der Waals surface area contributed by atoms with Crippen LogP contribution in [0.4, 0.5) is 0 Å². The largest absolute Gasteiger partial charge is 0.288 e. The molecule has 3 rings (SSSR count). The number of fused-ring (bicyclic) bond motifs is 2. The fraction of sp³-hybridized carbons (Fsp3) is 0.611. The van der Waals surface area contributed by atoms with Gasteiger partial charge in [-0.2, -0.15) is 0 Å². The highest BCUT2D eigenvalue weighted by molar-refractivity contribution is 8.59. The van der Waals surface area contributed by atoms with Crippen LogP contribution in [0, 0.1) is 20.8 Å². The molecule has 0 aliphatic carbocycles. The summed E-state index contributed by atoms with van der Waals surface area (Å²) in [5, 5.41) is 0. The van der Waals surface area contributed by atoms with Gasteiger partial charge in [0.15, 0.2) is 5.52 Å². The molecule has 21 heavy (non-hydrogen) atoms. The van der Waals surface area contributed by atoms with Crippen LogP contribution in [0.2, 0.25) is 0 Å². The highest BCUT2D eigenvalue weighted by atomic mass is 32.7. The van der Waals surface area contributed by atoms with Crippen molar-refractivity contribution in [1.29, 1.82) is 0 Å². The van der Waals surface area contributed by atoms with Gasteiger partial charge in [-0.25, -0.2) is 0 Å². The molecule has 0 amide bonds. The van der Waals surface area contributed by atoms with Crippen LogP contribution >= 0.6 is 18.7 Å². The Balaban J connectivity index is 2.05. The van der Waals surface area contributed by atoms with E-state index in [1.807, 2.05) is 0 Å². The van der Waals surface area contributed by atoms with E-state index >= 15 is 0 Å². The molecule has 3 heteroatoms. The lowest BCUT2D eigenvalue weighted by atomic mass is 9.98. The van der Waals surface area contributed by atoms with Gasteiger partial charge in [-0.3, -0.25) is 4.79 Å². The number of thiol groups is 1. The summed E-state index contributed by atoms with van der Waals surface area (Å²) in [6, 6.07) is 4.31. The van der Waals surface area contributed by atoms with Crippen molar-refractivity contribution >= 4 is 24.2 Å². The first-order valence-electron chi connectivity index (χ1n) is 8.18. The van der Waals surface area contributed by atoms with Gasteiger partial charge in [0.05, 0.1) is 0 Å². The van der Waals surface area contributed by atoms with E-state index in [2.05, 4.69) is 32.9 Å². The molecule has 1 aromatic rings. The maximum Gasteiger partial charge on any atom is 0.190 e. The van der Waals surface area contributed by atoms with Crippen molar-refractivity contribution in [2.75, 3.05) is 0 Å². The third kappa shape index (κ3) is 2.49. The second-order valence-electron chi connectivity index (χ2n) is 6.99. The average molecular weight is 321 g/mol. The van der Waals surface area contributed by atoms with Crippen LogP contribution in [0.3, 0.4) is 0 Å². The SMILES string of the molecule is Cc1cc(C)c(C(=O)[P]2(S)C3CCCC2CCC3)c(C)c1. The molecule has 1 radical (unpaired) electrons. The molecule has 2 aliphatic heterocycles. The van der Waals surface area contributed by atoms with Crippen molar-refractivity contribution in [3.8, 4) is 0 Å². The van der Waals surface area contributed by atoms with Gasteiger partial charge in [0, 0.05) is 5.56 Å². The highest BCUT2D eigenvalue weighted by Gasteiger charge is 2.50. The van der Waals surface area contributed by atoms with E-state index in [1.54, 1.807) is 0 Å². The smallest absolute Gasteiger partial charge is 0.190 e. The van der Waals surface area contributed by atoms with Crippen molar-refractivity contribution < 1.29 is 4.79 Å². The lowest BCUT2D eigenvalue weighted by molar-refractivity contribution is 0.107. The van der Waals surface area contributed by atoms with Gasteiger partial charge in [-0.1, -0.05) is 30.5 Å². The maximum absolute atomic E-state index is 13.5. The first-order valence-corrected chi connectivity index (χ1v) is 11.3. The van der Waals surface area contributed by atoms with Crippen LogP contribution in [0.15, 0.2) is 12.1 Å². The number of carbonyl (C=O) groups excluding carboxylic acids is 1. The van der Waals surface area contributed by atoms with Crippen molar-refractivity contribution in [1.82, 2.24) is 0 Å². The molecule has 115 valence electrons. The Bertz CT molecular complexity index is 536. The topological polar surface area (TPSA) is 17.1 Å². The molecule has 1 nitrogen and oxygen atoms in total. The van der Waals surface area contributed by atoms with Crippen LogP contribution < -0.4 is 0 Å². The van der Waals surface area contributed by atoms with Gasteiger partial charge in [0.25, 0.3) is 0 Å². The minimum absolute atomic E-state index is 0.412. The zero-order valence-corrected chi connectivity index (χ0v) is 15.1. The van der Waals surface area contributed by atoms with Crippen molar-refractivity contribution in [3.63, 3.8) is 0 Å². The van der Waals surface area contributed by atoms with E-state index < -0.39 is 6.46 Å². The second-order valence-corrected chi connectivity index (χ2v) is 12.3. The van der Waals surface area contributed by atoms with Crippen molar-refractivity contribution in [2.45, 2.75) is 70.6 Å². The number of hydrogen-bond acceptors (Lipinski definition) is 2. The molecule has 0 saturated carbocycles. The predicted octanol–water partition coefficient (Wildman–Crippen LogP) is 5.72. The molecule has 2 heterocycles. The fourth-order valence-electron chi connectivity index (χ4n) is 4.58. The van der Waals surface area contributed by atoms with Crippen molar-refractivity contribution in [2.24, 2.45) is 0 Å². The molecule has 2 bridgehead atoms. The van der Waals surface area contributed by atoms with Crippen LogP contribution in [0.5, 0.6) is 0 Å². The van der Waals surface area contributed by atoms with Crippen LogP contribution in [-0.2, 0) is 0 Å². The van der Waals surface area contributed by atoms with Crippen LogP contribution in [0.25, 0.3) is 0 Å². The van der Waals surface area contributed by atoms with Gasteiger partial charge < -0.3 is 0 Å². The standard InChI is InChI=1S/C18H26OPS/c1-12-10-13(2)17(14(3)11-12)18(19)20(21)15-6-4-7-16(20)9-5-8-15/h10-11,15-16,21H,4-9H2,1-3H3. The Morgan fingerprint density at radius 1 is 1.00 bits per heavy atom. The fourth-order valence-corrected chi connectivity index (χ4v) is 10.5. The summed E-state index contributed by atoms with van der Waals surface area (Å²) in [4.78, 5) is 13.5. The van der Waals surface area contributed by atoms with E-state index in [0.717, 1.165) is 16.7 Å². The zero-order valence-electron chi connectivity index (χ0n) is 13.4. The van der Waals surface area contributed by atoms with E-state index in [0.29, 0.717) is 16.8 Å². The summed E-state index contributed by atoms with van der Waals surface area (Å²) in [5.41, 5.74) is 6.11. The third-order valence-electron chi connectivity index (χ3n) is 5.48. The summed E-state index contributed by atoms with van der Waals surface area (Å²) in [6.07, 6.45) is 7.51. The average Bonchev–Trinajstić information content (AvgIpc) is 2.36. The van der Waals surface area contributed by atoms with Gasteiger partial charge in [-0.05, 0) is 75.4 Å². The molecular weight excluding hydrogens is 295 g/mol. The first kappa shape index (κ1) is 15.6. The Kier molecular flexibility index (Phi) is 4.23. The number of hydrogen-bond donors (Lipinski definition) is 1. The summed E-state index contributed by atoms with van der Waals surface area (Å²) < 4.78 is 0. The van der Waals surface area contributed by atoms with Gasteiger partial charge in [0.2, 0.25) is 0 Å². The molecule has 0 N–H and O–H groups in total. The maximum atomic E-state index is 13.5. The number of rotatable bonds is 2. The summed E-state index contributed by atoms with van der Waals surface area (Å²) in [7, 11) is 0. The minimum Gasteiger partial charge on any atom is -0.288 e. The highest BCUT2D eigenvalue weighted by Crippen LogP contribution is 2.79. The molecule has 0 aromatic heterocycles. The van der Waals surface area contributed by atoms with Crippen LogP contribution in [-0.4, -0.2) is 16.8 Å².